The van der Waals surface area contributed by atoms with Crippen molar-refractivity contribution in [3.05, 3.63) is 24.0 Å². The fourth-order valence-corrected chi connectivity index (χ4v) is 2.29. The summed E-state index contributed by atoms with van der Waals surface area (Å²) in [6.07, 6.45) is 1.92. The van der Waals surface area contributed by atoms with Gasteiger partial charge in [-0.2, -0.15) is 0 Å². The Hall–Kier alpha value is -1.89. The molecule has 1 aromatic heterocycles. The molecule has 108 valence electrons. The van der Waals surface area contributed by atoms with Crippen molar-refractivity contribution < 1.29 is 19.5 Å². The zero-order valence-electron chi connectivity index (χ0n) is 11.3. The number of carboxylic acids is 1. The molecule has 0 aliphatic carbocycles. The van der Waals surface area contributed by atoms with Gasteiger partial charge in [-0.05, 0) is 12.1 Å². The first kappa shape index (κ1) is 16.2. The van der Waals surface area contributed by atoms with Crippen LogP contribution in [0.5, 0.6) is 0 Å². The Kier molecular flexibility index (Phi) is 6.17. The highest BCUT2D eigenvalue weighted by molar-refractivity contribution is 7.99. The number of nitrogens with zero attached hydrogens (tertiary/aromatic N) is 1. The lowest BCUT2D eigenvalue weighted by Crippen LogP contribution is -2.41. The van der Waals surface area contributed by atoms with Gasteiger partial charge in [0.15, 0.2) is 5.78 Å². The first-order chi connectivity index (χ1) is 9.43. The maximum Gasteiger partial charge on any atom is 0.327 e. The summed E-state index contributed by atoms with van der Waals surface area (Å²) < 4.78 is 0. The number of aliphatic carboxylic acids is 1. The van der Waals surface area contributed by atoms with E-state index in [0.29, 0.717) is 12.1 Å². The molecule has 0 saturated carbocycles. The van der Waals surface area contributed by atoms with Gasteiger partial charge in [0.05, 0.1) is 0 Å². The number of nitrogens with one attached hydrogen (secondary N) is 1. The fourth-order valence-electron chi connectivity index (χ4n) is 1.41. The lowest BCUT2D eigenvalue weighted by Gasteiger charge is -2.12. The van der Waals surface area contributed by atoms with E-state index in [2.05, 4.69) is 10.3 Å². The number of hydrogen-bond donors (Lipinski definition) is 2. The number of carboxylic acid groups (broad SMARTS) is 1. The van der Waals surface area contributed by atoms with Gasteiger partial charge in [-0.1, -0.05) is 6.92 Å². The second-order valence-electron chi connectivity index (χ2n) is 4.06. The molecular weight excluding hydrogens is 280 g/mol. The molecular formula is C13H16N2O4S. The van der Waals surface area contributed by atoms with Crippen molar-refractivity contribution in [3.63, 3.8) is 0 Å². The number of carbonyl (C=O) groups excluding carboxylic acids is 2. The van der Waals surface area contributed by atoms with E-state index < -0.39 is 12.0 Å². The Labute approximate surface area is 121 Å². The summed E-state index contributed by atoms with van der Waals surface area (Å²) in [4.78, 5) is 38.0. The summed E-state index contributed by atoms with van der Waals surface area (Å²) in [5.74, 6) is -1.32. The second kappa shape index (κ2) is 7.64. The van der Waals surface area contributed by atoms with Crippen LogP contribution in [0.15, 0.2) is 23.2 Å². The highest BCUT2D eigenvalue weighted by Gasteiger charge is 2.18. The lowest BCUT2D eigenvalue weighted by atomic mass is 10.2. The van der Waals surface area contributed by atoms with Crippen LogP contribution in [0, 0.1) is 0 Å². The van der Waals surface area contributed by atoms with Crippen LogP contribution in [0.25, 0.3) is 0 Å². The van der Waals surface area contributed by atoms with Gasteiger partial charge >= 0.3 is 5.97 Å². The molecule has 1 aromatic rings. The Bertz CT molecular complexity index is 502. The number of rotatable bonds is 7. The SMILES string of the molecule is CCC(=O)c1ccc(SC[C@H](NC(C)=O)C(=O)O)cn1. The van der Waals surface area contributed by atoms with E-state index in [9.17, 15) is 14.4 Å². The number of carbonyl (C=O) groups is 3. The van der Waals surface area contributed by atoms with Crippen LogP contribution in [0.2, 0.25) is 0 Å². The Morgan fingerprint density at radius 3 is 2.55 bits per heavy atom. The number of thioether (sulfide) groups is 1. The van der Waals surface area contributed by atoms with Gasteiger partial charge in [-0.25, -0.2) is 4.79 Å². The van der Waals surface area contributed by atoms with Crippen molar-refractivity contribution in [3.8, 4) is 0 Å². The molecule has 0 radical (unpaired) electrons. The quantitative estimate of drug-likeness (QED) is 0.582. The summed E-state index contributed by atoms with van der Waals surface area (Å²) in [6, 6.07) is 2.38. The average molecular weight is 296 g/mol. The number of Topliss-reactive ketones (excluding diaryl/α,β-unsaturated/α-hetero) is 1. The normalized spacial score (nSPS) is 11.7. The van der Waals surface area contributed by atoms with Gasteiger partial charge in [-0.15, -0.1) is 11.8 Å². The van der Waals surface area contributed by atoms with Gasteiger partial charge in [-0.3, -0.25) is 14.6 Å². The monoisotopic (exact) mass is 296 g/mol. The van der Waals surface area contributed by atoms with Crippen molar-refractivity contribution >= 4 is 29.4 Å². The lowest BCUT2D eigenvalue weighted by molar-refractivity contribution is -0.140. The molecule has 1 heterocycles. The maximum atomic E-state index is 11.4. The van der Waals surface area contributed by atoms with Gasteiger partial charge in [0.1, 0.15) is 11.7 Å². The van der Waals surface area contributed by atoms with Crippen molar-refractivity contribution in [1.82, 2.24) is 10.3 Å². The number of ketones is 1. The van der Waals surface area contributed by atoms with E-state index in [1.54, 1.807) is 19.1 Å². The molecule has 1 rings (SSSR count). The van der Waals surface area contributed by atoms with Crippen molar-refractivity contribution in [1.29, 1.82) is 0 Å². The molecule has 1 amide bonds. The standard InChI is InChI=1S/C13H16N2O4S/c1-3-12(17)10-5-4-9(6-14-10)20-7-11(13(18)19)15-8(2)16/h4-6,11H,3,7H2,1-2H3,(H,15,16)(H,18,19)/t11-/m0/s1. The fraction of sp³-hybridized carbons (Fsp3) is 0.385. The molecule has 0 saturated heterocycles. The predicted octanol–water partition coefficient (Wildman–Crippen LogP) is 1.36. The summed E-state index contributed by atoms with van der Waals surface area (Å²) >= 11 is 1.26. The molecule has 0 aliphatic rings. The van der Waals surface area contributed by atoms with Crippen LogP contribution < -0.4 is 5.32 Å². The number of amides is 1. The molecule has 2 N–H and O–H groups in total. The summed E-state index contributed by atoms with van der Waals surface area (Å²) in [7, 11) is 0. The minimum Gasteiger partial charge on any atom is -0.480 e. The molecule has 0 aliphatic heterocycles. The van der Waals surface area contributed by atoms with E-state index >= 15 is 0 Å². The zero-order chi connectivity index (χ0) is 15.1. The number of hydrogen-bond acceptors (Lipinski definition) is 5. The van der Waals surface area contributed by atoms with Gasteiger partial charge in [0.25, 0.3) is 0 Å². The first-order valence-corrected chi connectivity index (χ1v) is 7.04. The molecule has 0 fully saturated rings. The van der Waals surface area contributed by atoms with E-state index in [0.717, 1.165) is 4.90 Å². The Balaban J connectivity index is 2.62. The summed E-state index contributed by atoms with van der Waals surface area (Å²) in [5.41, 5.74) is 0.397. The summed E-state index contributed by atoms with van der Waals surface area (Å²) in [6.45, 7) is 3.03. The highest BCUT2D eigenvalue weighted by atomic mass is 32.2. The molecule has 0 spiro atoms. The van der Waals surface area contributed by atoms with Gasteiger partial charge < -0.3 is 10.4 Å². The minimum atomic E-state index is -1.08. The van der Waals surface area contributed by atoms with Crippen molar-refractivity contribution in [2.24, 2.45) is 0 Å². The molecule has 20 heavy (non-hydrogen) atoms. The van der Waals surface area contributed by atoms with Crippen LogP contribution in [-0.4, -0.2) is 39.5 Å². The second-order valence-corrected chi connectivity index (χ2v) is 5.15. The maximum absolute atomic E-state index is 11.4. The largest absolute Gasteiger partial charge is 0.480 e. The Morgan fingerprint density at radius 1 is 1.40 bits per heavy atom. The van der Waals surface area contributed by atoms with Crippen LogP contribution in [-0.2, 0) is 9.59 Å². The minimum absolute atomic E-state index is 0.0387. The molecule has 6 nitrogen and oxygen atoms in total. The molecule has 7 heteroatoms. The van der Waals surface area contributed by atoms with Crippen LogP contribution in [0.4, 0.5) is 0 Å². The summed E-state index contributed by atoms with van der Waals surface area (Å²) in [5, 5.41) is 11.3. The van der Waals surface area contributed by atoms with E-state index in [4.69, 9.17) is 5.11 Å². The zero-order valence-corrected chi connectivity index (χ0v) is 12.1. The van der Waals surface area contributed by atoms with Crippen LogP contribution in [0.3, 0.4) is 0 Å². The number of pyridine rings is 1. The van der Waals surface area contributed by atoms with Gasteiger partial charge in [0.2, 0.25) is 5.91 Å². The predicted molar refractivity (Wildman–Crippen MR) is 74.8 cm³/mol. The van der Waals surface area contributed by atoms with E-state index in [1.807, 2.05) is 0 Å². The highest BCUT2D eigenvalue weighted by Crippen LogP contribution is 2.18. The smallest absolute Gasteiger partial charge is 0.327 e. The van der Waals surface area contributed by atoms with Crippen molar-refractivity contribution in [2.75, 3.05) is 5.75 Å². The third-order valence-electron chi connectivity index (χ3n) is 2.44. The van der Waals surface area contributed by atoms with E-state index in [-0.39, 0.29) is 17.4 Å². The topological polar surface area (TPSA) is 96.4 Å². The average Bonchev–Trinajstić information content (AvgIpc) is 2.42. The first-order valence-electron chi connectivity index (χ1n) is 6.06. The Morgan fingerprint density at radius 2 is 2.10 bits per heavy atom. The molecule has 0 unspecified atom stereocenters. The van der Waals surface area contributed by atoms with Crippen LogP contribution >= 0.6 is 11.8 Å². The van der Waals surface area contributed by atoms with Crippen molar-refractivity contribution in [2.45, 2.75) is 31.2 Å². The number of aromatic nitrogens is 1. The van der Waals surface area contributed by atoms with Crippen LogP contribution in [0.1, 0.15) is 30.8 Å². The third kappa shape index (κ3) is 5.00. The molecule has 0 aromatic carbocycles. The van der Waals surface area contributed by atoms with E-state index in [1.165, 1.54) is 24.9 Å². The third-order valence-corrected chi connectivity index (χ3v) is 3.51. The molecule has 1 atom stereocenters. The molecule has 0 bridgehead atoms. The van der Waals surface area contributed by atoms with Gasteiger partial charge in [0, 0.05) is 30.2 Å².